The maximum Gasteiger partial charge on any atom is 0.159 e. The number of rotatable bonds is 8. The molecule has 1 aromatic rings. The van der Waals surface area contributed by atoms with Crippen molar-refractivity contribution >= 4 is 28.4 Å². The SMILES string of the molecule is CCCC(OCC)c1nc(NCC)c(I)c(C2CC2)n1. The van der Waals surface area contributed by atoms with Crippen LogP contribution in [-0.4, -0.2) is 23.1 Å². The van der Waals surface area contributed by atoms with Crippen LogP contribution in [0, 0.1) is 3.57 Å². The Hall–Kier alpha value is -0.430. The van der Waals surface area contributed by atoms with E-state index < -0.39 is 0 Å². The van der Waals surface area contributed by atoms with E-state index in [0.717, 1.165) is 31.0 Å². The third kappa shape index (κ3) is 3.81. The number of halogens is 1. The van der Waals surface area contributed by atoms with E-state index in [9.17, 15) is 0 Å². The summed E-state index contributed by atoms with van der Waals surface area (Å²) in [4.78, 5) is 9.55. The highest BCUT2D eigenvalue weighted by molar-refractivity contribution is 14.1. The molecule has 5 heteroatoms. The van der Waals surface area contributed by atoms with Gasteiger partial charge < -0.3 is 10.1 Å². The summed E-state index contributed by atoms with van der Waals surface area (Å²) in [5.41, 5.74) is 1.22. The highest BCUT2D eigenvalue weighted by Crippen LogP contribution is 2.42. The van der Waals surface area contributed by atoms with Crippen LogP contribution in [0.25, 0.3) is 0 Å². The molecule has 0 aliphatic heterocycles. The van der Waals surface area contributed by atoms with Crippen molar-refractivity contribution in [2.75, 3.05) is 18.5 Å². The van der Waals surface area contributed by atoms with Crippen LogP contribution in [0.1, 0.15) is 70.0 Å². The summed E-state index contributed by atoms with van der Waals surface area (Å²) in [5.74, 6) is 2.46. The van der Waals surface area contributed by atoms with Gasteiger partial charge in [0.15, 0.2) is 5.82 Å². The Kier molecular flexibility index (Phi) is 6.01. The Morgan fingerprint density at radius 1 is 1.30 bits per heavy atom. The van der Waals surface area contributed by atoms with E-state index in [1.54, 1.807) is 0 Å². The smallest absolute Gasteiger partial charge is 0.159 e. The van der Waals surface area contributed by atoms with Crippen molar-refractivity contribution in [1.82, 2.24) is 9.97 Å². The minimum atomic E-state index is 0.0249. The summed E-state index contributed by atoms with van der Waals surface area (Å²) in [7, 11) is 0. The average Bonchev–Trinajstić information content (AvgIpc) is 3.25. The lowest BCUT2D eigenvalue weighted by Crippen LogP contribution is -2.14. The van der Waals surface area contributed by atoms with Crippen molar-refractivity contribution in [3.8, 4) is 0 Å². The normalized spacial score (nSPS) is 16.2. The molecule has 0 saturated heterocycles. The zero-order valence-corrected chi connectivity index (χ0v) is 14.7. The van der Waals surface area contributed by atoms with Crippen molar-refractivity contribution in [2.45, 2.75) is 58.5 Å². The maximum atomic E-state index is 5.84. The molecule has 0 spiro atoms. The molecule has 1 aromatic heterocycles. The molecule has 1 aliphatic rings. The Balaban J connectivity index is 2.35. The molecule has 0 bridgehead atoms. The summed E-state index contributed by atoms with van der Waals surface area (Å²) in [5, 5.41) is 3.36. The number of hydrogen-bond acceptors (Lipinski definition) is 4. The molecular formula is C15H24IN3O. The van der Waals surface area contributed by atoms with Gasteiger partial charge in [0.25, 0.3) is 0 Å². The number of ether oxygens (including phenoxy) is 1. The molecule has 0 amide bonds. The lowest BCUT2D eigenvalue weighted by Gasteiger charge is -2.18. The molecule has 1 heterocycles. The van der Waals surface area contributed by atoms with Crippen LogP contribution in [0.2, 0.25) is 0 Å². The minimum Gasteiger partial charge on any atom is -0.371 e. The second kappa shape index (κ2) is 7.54. The van der Waals surface area contributed by atoms with E-state index in [1.807, 2.05) is 6.92 Å². The summed E-state index contributed by atoms with van der Waals surface area (Å²) >= 11 is 2.37. The van der Waals surface area contributed by atoms with Gasteiger partial charge in [-0.2, -0.15) is 0 Å². The molecular weight excluding hydrogens is 365 g/mol. The van der Waals surface area contributed by atoms with Crippen LogP contribution < -0.4 is 5.32 Å². The summed E-state index contributed by atoms with van der Waals surface area (Å²) < 4.78 is 7.02. The lowest BCUT2D eigenvalue weighted by atomic mass is 10.2. The standard InChI is InChI=1S/C15H24IN3O/c1-4-7-11(20-6-3)14-18-13(10-8-9-10)12(16)15(19-14)17-5-2/h10-11H,4-9H2,1-3H3,(H,17,18,19). The Bertz CT molecular complexity index is 443. The number of nitrogens with zero attached hydrogens (tertiary/aromatic N) is 2. The number of aromatic nitrogens is 2. The Labute approximate surface area is 135 Å². The van der Waals surface area contributed by atoms with Crippen molar-refractivity contribution in [3.63, 3.8) is 0 Å². The van der Waals surface area contributed by atoms with Gasteiger partial charge in [-0.15, -0.1) is 0 Å². The molecule has 112 valence electrons. The fourth-order valence-corrected chi connectivity index (χ4v) is 3.16. The van der Waals surface area contributed by atoms with Crippen LogP contribution in [0.4, 0.5) is 5.82 Å². The summed E-state index contributed by atoms with van der Waals surface area (Å²) in [6, 6.07) is 0. The third-order valence-electron chi connectivity index (χ3n) is 3.41. The highest BCUT2D eigenvalue weighted by atomic mass is 127. The molecule has 20 heavy (non-hydrogen) atoms. The van der Waals surface area contributed by atoms with Crippen molar-refractivity contribution in [2.24, 2.45) is 0 Å². The monoisotopic (exact) mass is 389 g/mol. The van der Waals surface area contributed by atoms with E-state index in [1.165, 1.54) is 22.1 Å². The maximum absolute atomic E-state index is 5.84. The van der Waals surface area contributed by atoms with Crippen LogP contribution in [0.15, 0.2) is 0 Å². The zero-order chi connectivity index (χ0) is 14.5. The van der Waals surface area contributed by atoms with Gasteiger partial charge in [-0.3, -0.25) is 0 Å². The Morgan fingerprint density at radius 2 is 2.05 bits per heavy atom. The predicted molar refractivity (Wildman–Crippen MR) is 90.2 cm³/mol. The molecule has 0 aromatic carbocycles. The summed E-state index contributed by atoms with van der Waals surface area (Å²) in [6.07, 6.45) is 4.59. The number of hydrogen-bond donors (Lipinski definition) is 1. The molecule has 1 N–H and O–H groups in total. The van der Waals surface area contributed by atoms with Crippen LogP contribution >= 0.6 is 22.6 Å². The second-order valence-electron chi connectivity index (χ2n) is 5.17. The number of nitrogens with one attached hydrogen (secondary N) is 1. The van der Waals surface area contributed by atoms with Gasteiger partial charge in [0.1, 0.15) is 11.9 Å². The van der Waals surface area contributed by atoms with Gasteiger partial charge in [0, 0.05) is 19.1 Å². The molecule has 2 rings (SSSR count). The van der Waals surface area contributed by atoms with Gasteiger partial charge in [-0.25, -0.2) is 9.97 Å². The first-order valence-corrected chi connectivity index (χ1v) is 8.71. The molecule has 1 fully saturated rings. The topological polar surface area (TPSA) is 47.0 Å². The van der Waals surface area contributed by atoms with Gasteiger partial charge in [-0.05, 0) is 55.7 Å². The molecule has 1 aliphatic carbocycles. The fraction of sp³-hybridized carbons (Fsp3) is 0.733. The first kappa shape index (κ1) is 15.9. The van der Waals surface area contributed by atoms with Gasteiger partial charge in [0.05, 0.1) is 9.26 Å². The third-order valence-corrected chi connectivity index (χ3v) is 4.47. The minimum absolute atomic E-state index is 0.0249. The first-order valence-electron chi connectivity index (χ1n) is 7.63. The highest BCUT2D eigenvalue weighted by Gasteiger charge is 2.30. The molecule has 4 nitrogen and oxygen atoms in total. The second-order valence-corrected chi connectivity index (χ2v) is 6.25. The molecule has 0 radical (unpaired) electrons. The van der Waals surface area contributed by atoms with Crippen LogP contribution in [-0.2, 0) is 4.74 Å². The van der Waals surface area contributed by atoms with Gasteiger partial charge >= 0.3 is 0 Å². The zero-order valence-electron chi connectivity index (χ0n) is 12.6. The largest absolute Gasteiger partial charge is 0.371 e. The number of anilines is 1. The molecule has 1 atom stereocenters. The quantitative estimate of drug-likeness (QED) is 0.675. The van der Waals surface area contributed by atoms with Gasteiger partial charge in [0.2, 0.25) is 0 Å². The van der Waals surface area contributed by atoms with E-state index in [2.05, 4.69) is 41.8 Å². The molecule has 1 unspecified atom stereocenters. The summed E-state index contributed by atoms with van der Waals surface area (Å²) in [6.45, 7) is 7.88. The molecule has 1 saturated carbocycles. The first-order chi connectivity index (χ1) is 9.71. The fourth-order valence-electron chi connectivity index (χ4n) is 2.29. The van der Waals surface area contributed by atoms with Crippen molar-refractivity contribution in [1.29, 1.82) is 0 Å². The Morgan fingerprint density at radius 3 is 2.60 bits per heavy atom. The van der Waals surface area contributed by atoms with E-state index >= 15 is 0 Å². The van der Waals surface area contributed by atoms with E-state index in [0.29, 0.717) is 12.5 Å². The van der Waals surface area contributed by atoms with E-state index in [4.69, 9.17) is 14.7 Å². The predicted octanol–water partition coefficient (Wildman–Crippen LogP) is 4.27. The van der Waals surface area contributed by atoms with Gasteiger partial charge in [-0.1, -0.05) is 13.3 Å². The van der Waals surface area contributed by atoms with Crippen LogP contribution in [0.5, 0.6) is 0 Å². The van der Waals surface area contributed by atoms with Crippen molar-refractivity contribution in [3.05, 3.63) is 15.1 Å². The van der Waals surface area contributed by atoms with Crippen LogP contribution in [0.3, 0.4) is 0 Å². The van der Waals surface area contributed by atoms with Crippen molar-refractivity contribution < 1.29 is 4.74 Å². The average molecular weight is 389 g/mol. The lowest BCUT2D eigenvalue weighted by molar-refractivity contribution is 0.0493. The van der Waals surface area contributed by atoms with E-state index in [-0.39, 0.29) is 6.10 Å².